The fourth-order valence-corrected chi connectivity index (χ4v) is 4.26. The van der Waals surface area contributed by atoms with Gasteiger partial charge in [0.2, 0.25) is 0 Å². The highest BCUT2D eigenvalue weighted by atomic mass is 16.6. The number of ether oxygens (including phenoxy) is 2. The van der Waals surface area contributed by atoms with Gasteiger partial charge >= 0.3 is 0 Å². The third kappa shape index (κ3) is 2.15. The molecule has 1 saturated carbocycles. The summed E-state index contributed by atoms with van der Waals surface area (Å²) < 4.78 is 11.7. The Bertz CT molecular complexity index is 291. The van der Waals surface area contributed by atoms with Crippen LogP contribution in [0.3, 0.4) is 0 Å². The van der Waals surface area contributed by atoms with E-state index in [1.807, 2.05) is 0 Å². The quantitative estimate of drug-likeness (QED) is 0.688. The van der Waals surface area contributed by atoms with E-state index < -0.39 is 0 Å². The van der Waals surface area contributed by atoms with E-state index in [-0.39, 0.29) is 5.60 Å². The lowest BCUT2D eigenvalue weighted by molar-refractivity contribution is -0.0457. The van der Waals surface area contributed by atoms with Crippen molar-refractivity contribution in [3.8, 4) is 0 Å². The molecule has 2 nitrogen and oxygen atoms in total. The Morgan fingerprint density at radius 2 is 2.06 bits per heavy atom. The summed E-state index contributed by atoms with van der Waals surface area (Å²) in [6, 6.07) is 0. The molecular weight excluding hydrogens is 212 g/mol. The lowest BCUT2D eigenvalue weighted by Gasteiger charge is -2.39. The van der Waals surface area contributed by atoms with Crippen LogP contribution in [0.15, 0.2) is 0 Å². The molecule has 2 aliphatic heterocycles. The smallest absolute Gasteiger partial charge is 0.0923 e. The maximum absolute atomic E-state index is 5.83. The molecule has 0 radical (unpaired) electrons. The van der Waals surface area contributed by atoms with Gasteiger partial charge in [0.05, 0.1) is 17.8 Å². The van der Waals surface area contributed by atoms with Crippen LogP contribution >= 0.6 is 0 Å². The molecular formula is C15H26O2. The van der Waals surface area contributed by atoms with Gasteiger partial charge in [0.15, 0.2) is 0 Å². The lowest BCUT2D eigenvalue weighted by atomic mass is 9.69. The first kappa shape index (κ1) is 12.0. The molecule has 0 spiro atoms. The molecule has 6 atom stereocenters. The highest BCUT2D eigenvalue weighted by Crippen LogP contribution is 2.52. The second-order valence-corrected chi connectivity index (χ2v) is 6.70. The van der Waals surface area contributed by atoms with E-state index in [0.717, 1.165) is 24.4 Å². The first-order valence-electron chi connectivity index (χ1n) is 7.39. The second kappa shape index (κ2) is 4.24. The van der Waals surface area contributed by atoms with Gasteiger partial charge in [-0.3, -0.25) is 0 Å². The minimum absolute atomic E-state index is 0.246. The van der Waals surface area contributed by atoms with Crippen LogP contribution in [-0.2, 0) is 9.47 Å². The third-order valence-electron chi connectivity index (χ3n) is 5.59. The van der Waals surface area contributed by atoms with Crippen LogP contribution < -0.4 is 0 Å². The van der Waals surface area contributed by atoms with Crippen LogP contribution in [0.4, 0.5) is 0 Å². The molecule has 2 saturated heterocycles. The van der Waals surface area contributed by atoms with Crippen molar-refractivity contribution in [2.45, 2.75) is 70.7 Å². The van der Waals surface area contributed by atoms with E-state index in [4.69, 9.17) is 9.47 Å². The van der Waals surface area contributed by atoms with Crippen molar-refractivity contribution >= 4 is 0 Å². The zero-order valence-electron chi connectivity index (χ0n) is 11.4. The van der Waals surface area contributed by atoms with Crippen LogP contribution in [0, 0.1) is 17.8 Å². The van der Waals surface area contributed by atoms with E-state index in [1.54, 1.807) is 0 Å². The van der Waals surface area contributed by atoms with Gasteiger partial charge in [-0.05, 0) is 63.7 Å². The van der Waals surface area contributed by atoms with E-state index >= 15 is 0 Å². The molecule has 6 unspecified atom stereocenters. The van der Waals surface area contributed by atoms with Gasteiger partial charge in [0.1, 0.15) is 0 Å². The molecule has 98 valence electrons. The molecule has 1 aliphatic carbocycles. The van der Waals surface area contributed by atoms with Gasteiger partial charge in [-0.25, -0.2) is 0 Å². The Balaban J connectivity index is 1.63. The zero-order valence-corrected chi connectivity index (χ0v) is 11.4. The van der Waals surface area contributed by atoms with E-state index in [2.05, 4.69) is 20.8 Å². The van der Waals surface area contributed by atoms with Gasteiger partial charge in [-0.2, -0.15) is 0 Å². The van der Waals surface area contributed by atoms with Crippen molar-refractivity contribution in [3.63, 3.8) is 0 Å². The summed E-state index contributed by atoms with van der Waals surface area (Å²) in [5, 5.41) is 0. The van der Waals surface area contributed by atoms with Crippen molar-refractivity contribution in [1.82, 2.24) is 0 Å². The van der Waals surface area contributed by atoms with E-state index in [1.165, 1.54) is 32.1 Å². The fraction of sp³-hybridized carbons (Fsp3) is 1.00. The van der Waals surface area contributed by atoms with Crippen molar-refractivity contribution in [1.29, 1.82) is 0 Å². The summed E-state index contributed by atoms with van der Waals surface area (Å²) in [7, 11) is 0. The molecule has 3 aliphatic rings. The molecule has 0 N–H and O–H groups in total. The van der Waals surface area contributed by atoms with Crippen molar-refractivity contribution < 1.29 is 9.47 Å². The number of epoxide rings is 1. The molecule has 0 bridgehead atoms. The number of fused-ring (bicyclic) bond motifs is 1. The second-order valence-electron chi connectivity index (χ2n) is 6.70. The summed E-state index contributed by atoms with van der Waals surface area (Å²) in [6.45, 7) is 7.99. The van der Waals surface area contributed by atoms with E-state index in [0.29, 0.717) is 12.2 Å². The Morgan fingerprint density at radius 1 is 1.24 bits per heavy atom. The van der Waals surface area contributed by atoms with Gasteiger partial charge < -0.3 is 9.47 Å². The van der Waals surface area contributed by atoms with Crippen LogP contribution in [0.2, 0.25) is 0 Å². The van der Waals surface area contributed by atoms with Crippen molar-refractivity contribution in [3.05, 3.63) is 0 Å². The van der Waals surface area contributed by atoms with Gasteiger partial charge in [-0.15, -0.1) is 0 Å². The molecule has 0 amide bonds. The topological polar surface area (TPSA) is 21.8 Å². The molecule has 2 heteroatoms. The fourth-order valence-electron chi connectivity index (χ4n) is 4.26. The molecule has 0 aromatic rings. The highest BCUT2D eigenvalue weighted by molar-refractivity contribution is 5.04. The summed E-state index contributed by atoms with van der Waals surface area (Å²) in [6.07, 6.45) is 7.60. The predicted molar refractivity (Wildman–Crippen MR) is 67.9 cm³/mol. The molecule has 0 aromatic carbocycles. The maximum Gasteiger partial charge on any atom is 0.0923 e. The Kier molecular flexibility index (Phi) is 2.99. The van der Waals surface area contributed by atoms with Gasteiger partial charge in [0, 0.05) is 6.61 Å². The molecule has 17 heavy (non-hydrogen) atoms. The standard InChI is InChI=1S/C15H26O2/c1-10(13-5-4-8-16-11(13)2)12-6-7-14-15(3,9-12)17-14/h10-14H,4-9H2,1-3H3. The Hall–Kier alpha value is -0.0800. The monoisotopic (exact) mass is 238 g/mol. The first-order valence-corrected chi connectivity index (χ1v) is 7.39. The van der Waals surface area contributed by atoms with Crippen molar-refractivity contribution in [2.24, 2.45) is 17.8 Å². The zero-order chi connectivity index (χ0) is 12.0. The Morgan fingerprint density at radius 3 is 2.76 bits per heavy atom. The number of rotatable bonds is 2. The molecule has 3 rings (SSSR count). The third-order valence-corrected chi connectivity index (χ3v) is 5.59. The highest BCUT2D eigenvalue weighted by Gasteiger charge is 2.56. The number of hydrogen-bond donors (Lipinski definition) is 0. The summed E-state index contributed by atoms with van der Waals surface area (Å²) in [5.41, 5.74) is 0.246. The molecule has 0 aromatic heterocycles. The van der Waals surface area contributed by atoms with E-state index in [9.17, 15) is 0 Å². The Labute approximate surface area is 105 Å². The van der Waals surface area contributed by atoms with Gasteiger partial charge in [0.25, 0.3) is 0 Å². The van der Waals surface area contributed by atoms with Crippen molar-refractivity contribution in [2.75, 3.05) is 6.61 Å². The lowest BCUT2D eigenvalue weighted by Crippen LogP contribution is -2.37. The molecule has 2 heterocycles. The average molecular weight is 238 g/mol. The SMILES string of the molecule is CC1OCCCC1C(C)C1CCC2OC2(C)C1. The normalized spacial score (nSPS) is 51.7. The summed E-state index contributed by atoms with van der Waals surface area (Å²) in [5.74, 6) is 2.42. The van der Waals surface area contributed by atoms with Crippen LogP contribution in [-0.4, -0.2) is 24.4 Å². The molecule has 3 fully saturated rings. The first-order chi connectivity index (χ1) is 8.10. The minimum atomic E-state index is 0.246. The summed E-state index contributed by atoms with van der Waals surface area (Å²) >= 11 is 0. The minimum Gasteiger partial charge on any atom is -0.378 e. The number of hydrogen-bond acceptors (Lipinski definition) is 2. The largest absolute Gasteiger partial charge is 0.378 e. The van der Waals surface area contributed by atoms with Crippen LogP contribution in [0.25, 0.3) is 0 Å². The average Bonchev–Trinajstić information content (AvgIpc) is 2.99. The maximum atomic E-state index is 5.83. The van der Waals surface area contributed by atoms with Gasteiger partial charge in [-0.1, -0.05) is 6.92 Å². The summed E-state index contributed by atoms with van der Waals surface area (Å²) in [4.78, 5) is 0. The van der Waals surface area contributed by atoms with Crippen LogP contribution in [0.5, 0.6) is 0 Å². The van der Waals surface area contributed by atoms with Crippen LogP contribution in [0.1, 0.15) is 52.9 Å². The predicted octanol–water partition coefficient (Wildman–Crippen LogP) is 3.40.